The maximum atomic E-state index is 6.04. The van der Waals surface area contributed by atoms with Gasteiger partial charge in [0, 0.05) is 17.1 Å². The number of aliphatic imine (C=N–C) groups is 1. The molecule has 2 heterocycles. The zero-order chi connectivity index (χ0) is 19.8. The van der Waals surface area contributed by atoms with Gasteiger partial charge in [0.05, 0.1) is 24.2 Å². The molecule has 1 aliphatic rings. The lowest BCUT2D eigenvalue weighted by molar-refractivity contribution is 0.414. The number of anilines is 1. The van der Waals surface area contributed by atoms with Crippen LogP contribution in [0.5, 0.6) is 5.75 Å². The summed E-state index contributed by atoms with van der Waals surface area (Å²) in [4.78, 5) is 9.91. The molecule has 3 aromatic carbocycles. The van der Waals surface area contributed by atoms with Crippen molar-refractivity contribution < 1.29 is 4.74 Å². The van der Waals surface area contributed by atoms with Crippen molar-refractivity contribution in [3.05, 3.63) is 89.2 Å². The molecule has 1 atom stereocenters. The highest BCUT2D eigenvalue weighted by atomic mass is 35.5. The molecule has 5 nitrogen and oxygen atoms in total. The molecule has 29 heavy (non-hydrogen) atoms. The number of rotatable bonds is 3. The minimum atomic E-state index is -0.0278. The summed E-state index contributed by atoms with van der Waals surface area (Å²) in [7, 11) is 1.67. The fourth-order valence-electron chi connectivity index (χ4n) is 3.64. The number of hydrogen-bond donors (Lipinski definition) is 1. The summed E-state index contributed by atoms with van der Waals surface area (Å²) in [5, 5.41) is 4.15. The third-order valence-electron chi connectivity index (χ3n) is 5.10. The molecular formula is C23H19ClN4O. The van der Waals surface area contributed by atoms with Gasteiger partial charge in [-0.2, -0.15) is 0 Å². The van der Waals surface area contributed by atoms with E-state index in [-0.39, 0.29) is 6.04 Å². The molecule has 5 rings (SSSR count). The van der Waals surface area contributed by atoms with E-state index >= 15 is 0 Å². The first-order valence-corrected chi connectivity index (χ1v) is 9.80. The lowest BCUT2D eigenvalue weighted by atomic mass is 10.0. The fraction of sp³-hybridized carbons (Fsp3) is 0.130. The molecule has 0 saturated heterocycles. The standard InChI is InChI=1S/C23H19ClN4O/c1-29-18-12-6-15(7-13-18)20-14-22-26-19-4-2-3-5-21(19)28(22)23(27-20)25-17-10-8-16(24)9-11-17/h2-13,20H,14H2,1H3,(H,25,27). The van der Waals surface area contributed by atoms with Gasteiger partial charge in [0.25, 0.3) is 0 Å². The van der Waals surface area contributed by atoms with E-state index in [0.29, 0.717) is 5.02 Å². The molecule has 0 amide bonds. The Hall–Kier alpha value is -3.31. The third kappa shape index (κ3) is 3.34. The van der Waals surface area contributed by atoms with E-state index in [2.05, 4.69) is 28.1 Å². The van der Waals surface area contributed by atoms with Crippen LogP contribution < -0.4 is 10.1 Å². The first-order valence-electron chi connectivity index (χ1n) is 9.42. The van der Waals surface area contributed by atoms with Crippen molar-refractivity contribution in [1.29, 1.82) is 0 Å². The third-order valence-corrected chi connectivity index (χ3v) is 5.35. The highest BCUT2D eigenvalue weighted by Crippen LogP contribution is 2.30. The number of ether oxygens (including phenoxy) is 1. The Morgan fingerprint density at radius 3 is 2.52 bits per heavy atom. The summed E-state index contributed by atoms with van der Waals surface area (Å²) in [6.07, 6.45) is 0.729. The van der Waals surface area contributed by atoms with Crippen LogP contribution in [0.15, 0.2) is 77.8 Å². The summed E-state index contributed by atoms with van der Waals surface area (Å²) < 4.78 is 7.39. The topological polar surface area (TPSA) is 51.4 Å². The molecular weight excluding hydrogens is 384 g/mol. The number of aromatic nitrogens is 2. The molecule has 6 heteroatoms. The van der Waals surface area contributed by atoms with Crippen molar-refractivity contribution in [3.63, 3.8) is 0 Å². The van der Waals surface area contributed by atoms with Crippen molar-refractivity contribution in [3.8, 4) is 5.75 Å². The maximum absolute atomic E-state index is 6.04. The smallest absolute Gasteiger partial charge is 0.209 e. The summed E-state index contributed by atoms with van der Waals surface area (Å²) in [5.74, 6) is 2.57. The summed E-state index contributed by atoms with van der Waals surface area (Å²) in [6, 6.07) is 23.8. The van der Waals surface area contributed by atoms with Crippen molar-refractivity contribution in [2.24, 2.45) is 4.99 Å². The second-order valence-electron chi connectivity index (χ2n) is 6.93. The molecule has 0 fully saturated rings. The van der Waals surface area contributed by atoms with Gasteiger partial charge < -0.3 is 10.1 Å². The maximum Gasteiger partial charge on any atom is 0.209 e. The van der Waals surface area contributed by atoms with Crippen LogP contribution in [0.1, 0.15) is 17.4 Å². The van der Waals surface area contributed by atoms with E-state index in [1.807, 2.05) is 54.6 Å². The number of nitrogens with one attached hydrogen (secondary N) is 1. The molecule has 0 saturated carbocycles. The Kier molecular flexibility index (Phi) is 4.45. The normalized spacial score (nSPS) is 15.7. The Labute approximate surface area is 173 Å². The van der Waals surface area contributed by atoms with Gasteiger partial charge in [0.1, 0.15) is 11.6 Å². The Morgan fingerprint density at radius 1 is 1.00 bits per heavy atom. The molecule has 0 spiro atoms. The van der Waals surface area contributed by atoms with Gasteiger partial charge in [0.2, 0.25) is 5.96 Å². The minimum Gasteiger partial charge on any atom is -0.497 e. The van der Waals surface area contributed by atoms with Gasteiger partial charge in [-0.1, -0.05) is 35.9 Å². The largest absolute Gasteiger partial charge is 0.497 e. The molecule has 144 valence electrons. The van der Waals surface area contributed by atoms with Crippen LogP contribution in [0.4, 0.5) is 5.69 Å². The molecule has 4 aromatic rings. The summed E-state index contributed by atoms with van der Waals surface area (Å²) in [6.45, 7) is 0. The van der Waals surface area contributed by atoms with Crippen LogP contribution in [-0.2, 0) is 6.42 Å². The van der Waals surface area contributed by atoms with Crippen LogP contribution in [0, 0.1) is 0 Å². The number of nitrogens with zero attached hydrogens (tertiary/aromatic N) is 3. The van der Waals surface area contributed by atoms with Gasteiger partial charge in [-0.3, -0.25) is 4.57 Å². The Morgan fingerprint density at radius 2 is 1.76 bits per heavy atom. The molecule has 1 unspecified atom stereocenters. The average Bonchev–Trinajstić information content (AvgIpc) is 3.14. The fourth-order valence-corrected chi connectivity index (χ4v) is 3.77. The van der Waals surface area contributed by atoms with Crippen molar-refractivity contribution in [2.75, 3.05) is 12.4 Å². The Balaban J connectivity index is 1.59. The van der Waals surface area contributed by atoms with Gasteiger partial charge in [0.15, 0.2) is 0 Å². The van der Waals surface area contributed by atoms with E-state index in [0.717, 1.165) is 46.2 Å². The van der Waals surface area contributed by atoms with E-state index in [4.69, 9.17) is 26.3 Å². The number of halogens is 1. The molecule has 0 bridgehead atoms. The summed E-state index contributed by atoms with van der Waals surface area (Å²) >= 11 is 6.04. The lowest BCUT2D eigenvalue weighted by Gasteiger charge is -2.24. The van der Waals surface area contributed by atoms with E-state index in [1.54, 1.807) is 7.11 Å². The van der Waals surface area contributed by atoms with Crippen molar-refractivity contribution >= 4 is 34.3 Å². The molecule has 1 N–H and O–H groups in total. The predicted molar refractivity (Wildman–Crippen MR) is 117 cm³/mol. The number of para-hydroxylation sites is 2. The summed E-state index contributed by atoms with van der Waals surface area (Å²) in [5.41, 5.74) is 4.05. The number of fused-ring (bicyclic) bond motifs is 3. The SMILES string of the molecule is COc1ccc(C2Cc3nc4ccccc4n3C(Nc3ccc(Cl)cc3)=N2)cc1. The highest BCUT2D eigenvalue weighted by molar-refractivity contribution is 6.30. The highest BCUT2D eigenvalue weighted by Gasteiger charge is 2.25. The first-order chi connectivity index (χ1) is 14.2. The predicted octanol–water partition coefficient (Wildman–Crippen LogP) is 5.31. The average molecular weight is 403 g/mol. The van der Waals surface area contributed by atoms with E-state index < -0.39 is 0 Å². The number of benzene rings is 3. The van der Waals surface area contributed by atoms with Gasteiger partial charge >= 0.3 is 0 Å². The van der Waals surface area contributed by atoms with Crippen LogP contribution in [0.25, 0.3) is 11.0 Å². The minimum absolute atomic E-state index is 0.0278. The first kappa shape index (κ1) is 17.8. The van der Waals surface area contributed by atoms with Crippen LogP contribution in [0.2, 0.25) is 5.02 Å². The molecule has 0 aliphatic carbocycles. The van der Waals surface area contributed by atoms with Gasteiger partial charge in [-0.05, 0) is 54.1 Å². The Bertz CT molecular complexity index is 1200. The van der Waals surface area contributed by atoms with Crippen LogP contribution >= 0.6 is 11.6 Å². The molecule has 0 radical (unpaired) electrons. The van der Waals surface area contributed by atoms with E-state index in [1.165, 1.54) is 0 Å². The molecule has 1 aliphatic heterocycles. The van der Waals surface area contributed by atoms with Gasteiger partial charge in [-0.15, -0.1) is 0 Å². The molecule has 1 aromatic heterocycles. The van der Waals surface area contributed by atoms with Crippen molar-refractivity contribution in [1.82, 2.24) is 9.55 Å². The number of hydrogen-bond acceptors (Lipinski definition) is 4. The zero-order valence-corrected chi connectivity index (χ0v) is 16.6. The second-order valence-corrected chi connectivity index (χ2v) is 7.37. The van der Waals surface area contributed by atoms with Gasteiger partial charge in [-0.25, -0.2) is 9.98 Å². The van der Waals surface area contributed by atoms with Crippen molar-refractivity contribution in [2.45, 2.75) is 12.5 Å². The quantitative estimate of drug-likeness (QED) is 0.505. The van der Waals surface area contributed by atoms with E-state index in [9.17, 15) is 0 Å². The number of methoxy groups -OCH3 is 1. The van der Waals surface area contributed by atoms with Crippen LogP contribution in [0.3, 0.4) is 0 Å². The second kappa shape index (κ2) is 7.26. The lowest BCUT2D eigenvalue weighted by Crippen LogP contribution is -2.29. The zero-order valence-electron chi connectivity index (χ0n) is 15.8. The number of imidazole rings is 1. The van der Waals surface area contributed by atoms with Crippen LogP contribution in [-0.4, -0.2) is 22.6 Å². The monoisotopic (exact) mass is 402 g/mol.